The van der Waals surface area contributed by atoms with Gasteiger partial charge in [0.1, 0.15) is 0 Å². The number of nitrogens with one attached hydrogen (secondary N) is 2. The van der Waals surface area contributed by atoms with Crippen LogP contribution in [0.4, 0.5) is 0 Å². The lowest BCUT2D eigenvalue weighted by molar-refractivity contribution is -0.123. The molecule has 0 aromatic rings. The molecule has 0 aliphatic carbocycles. The standard InChI is InChI=1S/C15H31N3O/c1-4-6-13(3)17-15(19)12-18(11-5-2)14-7-9-16-10-8-14/h13-14,16H,4-12H2,1-3H3,(H,17,19). The second-order valence-electron chi connectivity index (χ2n) is 5.71. The summed E-state index contributed by atoms with van der Waals surface area (Å²) in [5.41, 5.74) is 0. The Labute approximate surface area is 118 Å². The normalized spacial score (nSPS) is 18.5. The average molecular weight is 269 g/mol. The van der Waals surface area contributed by atoms with E-state index in [1.54, 1.807) is 0 Å². The quantitative estimate of drug-likeness (QED) is 0.706. The molecule has 1 unspecified atom stereocenters. The fourth-order valence-electron chi connectivity index (χ4n) is 2.86. The molecule has 0 bridgehead atoms. The van der Waals surface area contributed by atoms with E-state index in [-0.39, 0.29) is 5.91 Å². The van der Waals surface area contributed by atoms with Crippen LogP contribution in [0.2, 0.25) is 0 Å². The Kier molecular flexibility index (Phi) is 8.07. The Morgan fingerprint density at radius 2 is 2.00 bits per heavy atom. The van der Waals surface area contributed by atoms with E-state index in [4.69, 9.17) is 0 Å². The summed E-state index contributed by atoms with van der Waals surface area (Å²) in [4.78, 5) is 14.5. The predicted molar refractivity (Wildman–Crippen MR) is 80.3 cm³/mol. The number of carbonyl (C=O) groups excluding carboxylic acids is 1. The smallest absolute Gasteiger partial charge is 0.234 e. The van der Waals surface area contributed by atoms with Gasteiger partial charge >= 0.3 is 0 Å². The van der Waals surface area contributed by atoms with Gasteiger partial charge in [-0.3, -0.25) is 9.69 Å². The molecule has 4 heteroatoms. The molecule has 1 rings (SSSR count). The highest BCUT2D eigenvalue weighted by Crippen LogP contribution is 2.12. The maximum atomic E-state index is 12.1. The SMILES string of the molecule is CCCC(C)NC(=O)CN(CCC)C1CCNCC1. The molecule has 4 nitrogen and oxygen atoms in total. The first kappa shape index (κ1) is 16.4. The van der Waals surface area contributed by atoms with Gasteiger partial charge in [0.05, 0.1) is 6.54 Å². The van der Waals surface area contributed by atoms with Crippen molar-refractivity contribution in [2.45, 2.75) is 65.0 Å². The van der Waals surface area contributed by atoms with Gasteiger partial charge in [-0.15, -0.1) is 0 Å². The fraction of sp³-hybridized carbons (Fsp3) is 0.933. The van der Waals surface area contributed by atoms with Crippen LogP contribution in [-0.2, 0) is 4.79 Å². The Morgan fingerprint density at radius 3 is 2.58 bits per heavy atom. The lowest BCUT2D eigenvalue weighted by Crippen LogP contribution is -2.48. The van der Waals surface area contributed by atoms with Crippen molar-refractivity contribution in [3.63, 3.8) is 0 Å². The van der Waals surface area contributed by atoms with Crippen molar-refractivity contribution < 1.29 is 4.79 Å². The summed E-state index contributed by atoms with van der Waals surface area (Å²) >= 11 is 0. The largest absolute Gasteiger partial charge is 0.353 e. The summed E-state index contributed by atoms with van der Waals surface area (Å²) in [6.07, 6.45) is 5.62. The van der Waals surface area contributed by atoms with Crippen LogP contribution in [-0.4, -0.2) is 49.1 Å². The average Bonchev–Trinajstić information content (AvgIpc) is 2.39. The van der Waals surface area contributed by atoms with E-state index in [1.165, 1.54) is 0 Å². The molecular weight excluding hydrogens is 238 g/mol. The van der Waals surface area contributed by atoms with Crippen molar-refractivity contribution in [1.82, 2.24) is 15.5 Å². The van der Waals surface area contributed by atoms with Crippen LogP contribution in [0.3, 0.4) is 0 Å². The molecule has 1 heterocycles. The van der Waals surface area contributed by atoms with Gasteiger partial charge in [-0.25, -0.2) is 0 Å². The van der Waals surface area contributed by atoms with E-state index in [0.717, 1.165) is 51.7 Å². The minimum Gasteiger partial charge on any atom is -0.353 e. The molecule has 19 heavy (non-hydrogen) atoms. The van der Waals surface area contributed by atoms with Gasteiger partial charge < -0.3 is 10.6 Å². The summed E-state index contributed by atoms with van der Waals surface area (Å²) in [7, 11) is 0. The highest BCUT2D eigenvalue weighted by Gasteiger charge is 2.22. The number of rotatable bonds is 8. The third kappa shape index (κ3) is 6.39. The number of nitrogens with zero attached hydrogens (tertiary/aromatic N) is 1. The first-order valence-corrected chi connectivity index (χ1v) is 7.91. The van der Waals surface area contributed by atoms with Crippen molar-refractivity contribution in [3.05, 3.63) is 0 Å². The lowest BCUT2D eigenvalue weighted by atomic mass is 10.0. The van der Waals surface area contributed by atoms with Crippen molar-refractivity contribution in [2.24, 2.45) is 0 Å². The molecule has 0 radical (unpaired) electrons. The second-order valence-corrected chi connectivity index (χ2v) is 5.71. The number of piperidine rings is 1. The summed E-state index contributed by atoms with van der Waals surface area (Å²) < 4.78 is 0. The van der Waals surface area contributed by atoms with Crippen LogP contribution < -0.4 is 10.6 Å². The summed E-state index contributed by atoms with van der Waals surface area (Å²) in [6.45, 7) is 10.2. The van der Waals surface area contributed by atoms with Crippen LogP contribution in [0.15, 0.2) is 0 Å². The van der Waals surface area contributed by atoms with E-state index in [1.807, 2.05) is 0 Å². The zero-order valence-corrected chi connectivity index (χ0v) is 12.9. The van der Waals surface area contributed by atoms with E-state index < -0.39 is 0 Å². The van der Waals surface area contributed by atoms with E-state index >= 15 is 0 Å². The summed E-state index contributed by atoms with van der Waals surface area (Å²) in [6, 6.07) is 0.877. The third-order valence-electron chi connectivity index (χ3n) is 3.81. The molecule has 0 saturated carbocycles. The van der Waals surface area contributed by atoms with Crippen LogP contribution in [0.5, 0.6) is 0 Å². The van der Waals surface area contributed by atoms with Crippen molar-refractivity contribution in [3.8, 4) is 0 Å². The zero-order valence-electron chi connectivity index (χ0n) is 12.9. The van der Waals surface area contributed by atoms with Crippen molar-refractivity contribution >= 4 is 5.91 Å². The molecule has 0 aromatic carbocycles. The molecule has 0 aromatic heterocycles. The molecule has 2 N–H and O–H groups in total. The van der Waals surface area contributed by atoms with Gasteiger partial charge in [-0.1, -0.05) is 20.3 Å². The molecule has 0 spiro atoms. The van der Waals surface area contributed by atoms with Gasteiger partial charge in [0, 0.05) is 12.1 Å². The first-order chi connectivity index (χ1) is 9.17. The Balaban J connectivity index is 2.40. The molecule has 112 valence electrons. The molecule has 1 saturated heterocycles. The van der Waals surface area contributed by atoms with Crippen LogP contribution in [0.25, 0.3) is 0 Å². The lowest BCUT2D eigenvalue weighted by Gasteiger charge is -2.34. The van der Waals surface area contributed by atoms with Gasteiger partial charge in [0.2, 0.25) is 5.91 Å². The highest BCUT2D eigenvalue weighted by molar-refractivity contribution is 5.78. The summed E-state index contributed by atoms with van der Waals surface area (Å²) in [5.74, 6) is 0.188. The van der Waals surface area contributed by atoms with Crippen LogP contribution in [0.1, 0.15) is 52.9 Å². The molecule has 1 aliphatic heterocycles. The molecule has 1 amide bonds. The maximum absolute atomic E-state index is 12.1. The predicted octanol–water partition coefficient (Wildman–Crippen LogP) is 1.76. The summed E-state index contributed by atoms with van der Waals surface area (Å²) in [5, 5.41) is 6.50. The van der Waals surface area contributed by atoms with E-state index in [9.17, 15) is 4.79 Å². The number of hydrogen-bond acceptors (Lipinski definition) is 3. The molecule has 1 fully saturated rings. The minimum atomic E-state index is 0.188. The van der Waals surface area contributed by atoms with E-state index in [0.29, 0.717) is 18.6 Å². The molecule has 1 aliphatic rings. The van der Waals surface area contributed by atoms with Gasteiger partial charge in [-0.05, 0) is 52.2 Å². The Morgan fingerprint density at radius 1 is 1.32 bits per heavy atom. The zero-order chi connectivity index (χ0) is 14.1. The van der Waals surface area contributed by atoms with Gasteiger partial charge in [0.15, 0.2) is 0 Å². The number of amides is 1. The van der Waals surface area contributed by atoms with Crippen molar-refractivity contribution in [2.75, 3.05) is 26.2 Å². The Bertz CT molecular complexity index is 252. The van der Waals surface area contributed by atoms with E-state index in [2.05, 4.69) is 36.3 Å². The van der Waals surface area contributed by atoms with Gasteiger partial charge in [-0.2, -0.15) is 0 Å². The highest BCUT2D eigenvalue weighted by atomic mass is 16.2. The molecule has 1 atom stereocenters. The third-order valence-corrected chi connectivity index (χ3v) is 3.81. The maximum Gasteiger partial charge on any atom is 0.234 e. The van der Waals surface area contributed by atoms with Crippen LogP contribution >= 0.6 is 0 Å². The van der Waals surface area contributed by atoms with Crippen LogP contribution in [0, 0.1) is 0 Å². The van der Waals surface area contributed by atoms with Gasteiger partial charge in [0.25, 0.3) is 0 Å². The second kappa shape index (κ2) is 9.32. The Hall–Kier alpha value is -0.610. The van der Waals surface area contributed by atoms with Crippen molar-refractivity contribution in [1.29, 1.82) is 0 Å². The molecular formula is C15H31N3O. The fourth-order valence-corrected chi connectivity index (χ4v) is 2.86. The number of hydrogen-bond donors (Lipinski definition) is 2. The number of carbonyl (C=O) groups is 1. The monoisotopic (exact) mass is 269 g/mol. The first-order valence-electron chi connectivity index (χ1n) is 7.91. The minimum absolute atomic E-state index is 0.188. The topological polar surface area (TPSA) is 44.4 Å².